The highest BCUT2D eigenvalue weighted by atomic mass is 32.1. The first-order valence-electron chi connectivity index (χ1n) is 10.6. The highest BCUT2D eigenvalue weighted by Crippen LogP contribution is 2.15. The molecule has 1 fully saturated rings. The first-order chi connectivity index (χ1) is 15.0. The number of nitrogens with zero attached hydrogens (tertiary/aromatic N) is 6. The number of hydrogen-bond acceptors (Lipinski definition) is 5. The zero-order valence-corrected chi connectivity index (χ0v) is 18.7. The Balaban J connectivity index is 1.35. The molecule has 2 aromatic carbocycles. The zero-order valence-electron chi connectivity index (χ0n) is 17.9. The minimum Gasteiger partial charge on any atom is -0.297 e. The van der Waals surface area contributed by atoms with E-state index < -0.39 is 0 Å². The summed E-state index contributed by atoms with van der Waals surface area (Å²) in [7, 11) is 1.75. The third-order valence-corrected chi connectivity index (χ3v) is 6.48. The molecule has 0 amide bonds. The fourth-order valence-corrected chi connectivity index (χ4v) is 4.66. The lowest BCUT2D eigenvalue weighted by Crippen LogP contribution is -2.46. The lowest BCUT2D eigenvalue weighted by atomic mass is 10.1. The van der Waals surface area contributed by atoms with Crippen LogP contribution in [0.1, 0.15) is 11.1 Å². The van der Waals surface area contributed by atoms with E-state index in [0.717, 1.165) is 38.2 Å². The van der Waals surface area contributed by atoms with Crippen LogP contribution >= 0.6 is 12.2 Å². The summed E-state index contributed by atoms with van der Waals surface area (Å²) < 4.78 is 5.94. The van der Waals surface area contributed by atoms with E-state index in [2.05, 4.69) is 41.0 Å². The Morgan fingerprint density at radius 2 is 1.74 bits per heavy atom. The van der Waals surface area contributed by atoms with Crippen molar-refractivity contribution in [3.8, 4) is 0 Å². The van der Waals surface area contributed by atoms with Crippen LogP contribution in [0.4, 0.5) is 0 Å². The molecule has 0 unspecified atom stereocenters. The van der Waals surface area contributed by atoms with Crippen molar-refractivity contribution in [2.24, 2.45) is 7.05 Å². The van der Waals surface area contributed by atoms with Gasteiger partial charge in [-0.15, -0.1) is 5.10 Å². The van der Waals surface area contributed by atoms with Gasteiger partial charge in [0.05, 0.1) is 17.6 Å². The quantitative estimate of drug-likeness (QED) is 0.463. The number of para-hydroxylation sites is 1. The van der Waals surface area contributed by atoms with Gasteiger partial charge in [-0.2, -0.15) is 0 Å². The maximum absolute atomic E-state index is 12.7. The molecule has 2 aromatic heterocycles. The Hall–Kier alpha value is -2.81. The summed E-state index contributed by atoms with van der Waals surface area (Å²) in [6.07, 6.45) is 0. The molecule has 0 aliphatic carbocycles. The van der Waals surface area contributed by atoms with Gasteiger partial charge in [0.2, 0.25) is 10.5 Å². The second-order valence-corrected chi connectivity index (χ2v) is 8.69. The van der Waals surface area contributed by atoms with Crippen LogP contribution in [0.25, 0.3) is 16.7 Å². The molecule has 0 saturated carbocycles. The third-order valence-electron chi connectivity index (χ3n) is 6.09. The highest BCUT2D eigenvalue weighted by Gasteiger charge is 2.19. The van der Waals surface area contributed by atoms with Crippen LogP contribution < -0.4 is 5.56 Å². The fraction of sp³-hybridized carbons (Fsp3) is 0.348. The largest absolute Gasteiger partial charge is 0.297 e. The summed E-state index contributed by atoms with van der Waals surface area (Å²) in [5, 5.41) is 5.35. The van der Waals surface area contributed by atoms with E-state index in [0.29, 0.717) is 22.6 Å². The first-order valence-corrected chi connectivity index (χ1v) is 11.0. The highest BCUT2D eigenvalue weighted by molar-refractivity contribution is 7.71. The van der Waals surface area contributed by atoms with E-state index in [1.165, 1.54) is 11.1 Å². The Kier molecular flexibility index (Phi) is 5.21. The molecule has 3 heterocycles. The molecule has 0 N–H and O–H groups in total. The number of piperazine rings is 1. The van der Waals surface area contributed by atoms with Crippen LogP contribution in [-0.2, 0) is 20.3 Å². The molecule has 0 spiro atoms. The summed E-state index contributed by atoms with van der Waals surface area (Å²) in [4.78, 5) is 17.6. The normalized spacial score (nSPS) is 15.8. The molecule has 7 nitrogen and oxygen atoms in total. The van der Waals surface area contributed by atoms with Crippen LogP contribution in [0, 0.1) is 11.7 Å². The molecule has 8 heteroatoms. The Morgan fingerprint density at radius 1 is 1.00 bits per heavy atom. The van der Waals surface area contributed by atoms with Gasteiger partial charge in [-0.25, -0.2) is 4.68 Å². The predicted octanol–water partition coefficient (Wildman–Crippen LogP) is 2.80. The van der Waals surface area contributed by atoms with Gasteiger partial charge >= 0.3 is 0 Å². The molecule has 1 aliphatic heterocycles. The van der Waals surface area contributed by atoms with Crippen LogP contribution in [0.5, 0.6) is 0 Å². The van der Waals surface area contributed by atoms with Crippen molar-refractivity contribution in [3.05, 3.63) is 74.8 Å². The van der Waals surface area contributed by atoms with E-state index in [9.17, 15) is 4.79 Å². The predicted molar refractivity (Wildman–Crippen MR) is 125 cm³/mol. The minimum atomic E-state index is -0.0555. The SMILES string of the molecule is Cc1cccc(CN2CCN(Cn3nc4n(C)c(=O)c5ccccc5n4c3=S)CC2)c1. The molecule has 4 aromatic rings. The van der Waals surface area contributed by atoms with Crippen molar-refractivity contribution < 1.29 is 0 Å². The van der Waals surface area contributed by atoms with Crippen molar-refractivity contribution in [2.75, 3.05) is 26.2 Å². The topological polar surface area (TPSA) is 50.7 Å². The maximum atomic E-state index is 12.7. The molecule has 1 aliphatic rings. The number of aromatic nitrogens is 4. The van der Waals surface area contributed by atoms with E-state index >= 15 is 0 Å². The minimum absolute atomic E-state index is 0.0555. The van der Waals surface area contributed by atoms with Gasteiger partial charge in [0, 0.05) is 39.8 Å². The van der Waals surface area contributed by atoms with Crippen molar-refractivity contribution in [3.63, 3.8) is 0 Å². The van der Waals surface area contributed by atoms with E-state index in [4.69, 9.17) is 17.3 Å². The van der Waals surface area contributed by atoms with Gasteiger partial charge in [0.15, 0.2) is 0 Å². The molecular weight excluding hydrogens is 408 g/mol. The monoisotopic (exact) mass is 434 g/mol. The van der Waals surface area contributed by atoms with E-state index in [-0.39, 0.29) is 5.56 Å². The van der Waals surface area contributed by atoms with Gasteiger partial charge in [-0.05, 0) is 36.8 Å². The van der Waals surface area contributed by atoms with Gasteiger partial charge in [0.25, 0.3) is 5.56 Å². The summed E-state index contributed by atoms with van der Waals surface area (Å²) in [5.74, 6) is 0.576. The Bertz CT molecular complexity index is 1380. The van der Waals surface area contributed by atoms with E-state index in [1.807, 2.05) is 33.3 Å². The molecular formula is C23H26N6OS. The average molecular weight is 435 g/mol. The van der Waals surface area contributed by atoms with Gasteiger partial charge < -0.3 is 0 Å². The Morgan fingerprint density at radius 3 is 2.52 bits per heavy atom. The number of benzene rings is 2. The van der Waals surface area contributed by atoms with Crippen molar-refractivity contribution in [1.82, 2.24) is 28.5 Å². The first kappa shape index (κ1) is 20.1. The lowest BCUT2D eigenvalue weighted by molar-refractivity contribution is 0.0982. The molecule has 31 heavy (non-hydrogen) atoms. The maximum Gasteiger partial charge on any atom is 0.262 e. The van der Waals surface area contributed by atoms with Crippen LogP contribution in [0.2, 0.25) is 0 Å². The summed E-state index contributed by atoms with van der Waals surface area (Å²) in [6.45, 7) is 7.69. The summed E-state index contributed by atoms with van der Waals surface area (Å²) in [5.41, 5.74) is 3.42. The third kappa shape index (κ3) is 3.71. The standard InChI is InChI=1S/C23H26N6OS/c1-17-6-5-7-18(14-17)15-26-10-12-27(13-11-26)16-28-23(31)29-20-9-4-3-8-19(20)21(30)25(2)22(29)24-28/h3-9,14H,10-13,15-16H2,1-2H3. The van der Waals surface area contributed by atoms with Gasteiger partial charge in [-0.1, -0.05) is 42.0 Å². The Labute approximate surface area is 185 Å². The second-order valence-electron chi connectivity index (χ2n) is 8.32. The van der Waals surface area contributed by atoms with Gasteiger partial charge in [0.1, 0.15) is 0 Å². The lowest BCUT2D eigenvalue weighted by Gasteiger charge is -2.34. The van der Waals surface area contributed by atoms with Gasteiger partial charge in [-0.3, -0.25) is 23.6 Å². The summed E-state index contributed by atoms with van der Waals surface area (Å²) in [6, 6.07) is 16.3. The number of rotatable bonds is 4. The second kappa shape index (κ2) is 8.03. The summed E-state index contributed by atoms with van der Waals surface area (Å²) >= 11 is 5.76. The average Bonchev–Trinajstić information content (AvgIpc) is 3.10. The van der Waals surface area contributed by atoms with Crippen LogP contribution in [0.3, 0.4) is 0 Å². The fourth-order valence-electron chi connectivity index (χ4n) is 4.38. The number of hydrogen-bond donors (Lipinski definition) is 0. The van der Waals surface area contributed by atoms with E-state index in [1.54, 1.807) is 11.6 Å². The molecule has 5 rings (SSSR count). The molecule has 1 saturated heterocycles. The van der Waals surface area contributed by atoms with Crippen molar-refractivity contribution in [2.45, 2.75) is 20.1 Å². The molecule has 0 atom stereocenters. The molecule has 0 radical (unpaired) electrons. The van der Waals surface area contributed by atoms with Crippen LogP contribution in [-0.4, -0.2) is 54.7 Å². The van der Waals surface area contributed by atoms with Crippen molar-refractivity contribution >= 4 is 28.9 Å². The van der Waals surface area contributed by atoms with Crippen molar-refractivity contribution in [1.29, 1.82) is 0 Å². The number of aryl methyl sites for hydroxylation is 2. The number of fused-ring (bicyclic) bond motifs is 3. The zero-order chi connectivity index (χ0) is 21.5. The van der Waals surface area contributed by atoms with Crippen LogP contribution in [0.15, 0.2) is 53.3 Å². The molecule has 160 valence electrons. The molecule has 0 bridgehead atoms. The smallest absolute Gasteiger partial charge is 0.262 e.